The van der Waals surface area contributed by atoms with Crippen LogP contribution in [0.3, 0.4) is 0 Å². The van der Waals surface area contributed by atoms with E-state index in [0.717, 1.165) is 18.5 Å². The Hall–Kier alpha value is -2.15. The van der Waals surface area contributed by atoms with Crippen molar-refractivity contribution in [1.82, 2.24) is 15.6 Å². The molecule has 0 atom stereocenters. The second-order valence-corrected chi connectivity index (χ2v) is 4.59. The van der Waals surface area contributed by atoms with Crippen LogP contribution >= 0.6 is 0 Å². The third-order valence-corrected chi connectivity index (χ3v) is 2.81. The molecule has 2 amide bonds. The van der Waals surface area contributed by atoms with Gasteiger partial charge in [0.1, 0.15) is 5.82 Å². The smallest absolute Gasteiger partial charge is 0.251 e. The van der Waals surface area contributed by atoms with Gasteiger partial charge in [-0.2, -0.15) is 0 Å². The van der Waals surface area contributed by atoms with Gasteiger partial charge < -0.3 is 16.1 Å². The number of anilines is 1. The van der Waals surface area contributed by atoms with Gasteiger partial charge in [0, 0.05) is 30.8 Å². The summed E-state index contributed by atoms with van der Waals surface area (Å²) in [5, 5.41) is 5.39. The summed E-state index contributed by atoms with van der Waals surface area (Å²) < 4.78 is 0. The Morgan fingerprint density at radius 1 is 1.24 bits per heavy atom. The molecule has 0 fully saturated rings. The van der Waals surface area contributed by atoms with E-state index >= 15 is 0 Å². The van der Waals surface area contributed by atoms with Gasteiger partial charge in [-0.05, 0) is 25.5 Å². The first-order chi connectivity index (χ1) is 10.1. The number of nitrogens with zero attached hydrogens (tertiary/aromatic N) is 1. The molecular weight excluding hydrogens is 270 g/mol. The fourth-order valence-electron chi connectivity index (χ4n) is 1.85. The first-order valence-corrected chi connectivity index (χ1v) is 7.13. The molecule has 0 spiro atoms. The Morgan fingerprint density at radius 2 is 2.00 bits per heavy atom. The fraction of sp³-hybridized carbons (Fsp3) is 0.500. The molecule has 5 N–H and O–H groups in total. The van der Waals surface area contributed by atoms with Gasteiger partial charge in [0.05, 0.1) is 0 Å². The van der Waals surface area contributed by atoms with Crippen LogP contribution in [0.5, 0.6) is 0 Å². The van der Waals surface area contributed by atoms with Crippen LogP contribution in [0.25, 0.3) is 0 Å². The van der Waals surface area contributed by atoms with Crippen molar-refractivity contribution in [3.8, 4) is 0 Å². The molecule has 0 unspecified atom stereocenters. The molecule has 116 valence electrons. The van der Waals surface area contributed by atoms with Crippen LogP contribution in [0.1, 0.15) is 42.7 Å². The molecular formula is C14H23N5O2. The number of carbonyl (C=O) groups excluding carboxylic acids is 2. The Morgan fingerprint density at radius 3 is 2.62 bits per heavy atom. The highest BCUT2D eigenvalue weighted by atomic mass is 16.2. The summed E-state index contributed by atoms with van der Waals surface area (Å²) in [6, 6.07) is 3.33. The molecule has 0 aromatic carbocycles. The van der Waals surface area contributed by atoms with Crippen LogP contribution in [-0.4, -0.2) is 29.9 Å². The number of aryl methyl sites for hydroxylation is 1. The van der Waals surface area contributed by atoms with Crippen LogP contribution in [0.15, 0.2) is 12.1 Å². The zero-order chi connectivity index (χ0) is 15.7. The minimum Gasteiger partial charge on any atom is -0.356 e. The van der Waals surface area contributed by atoms with Gasteiger partial charge >= 0.3 is 0 Å². The quantitative estimate of drug-likeness (QED) is 0.414. The van der Waals surface area contributed by atoms with Crippen molar-refractivity contribution >= 4 is 17.6 Å². The van der Waals surface area contributed by atoms with Gasteiger partial charge in [0.2, 0.25) is 5.91 Å². The zero-order valence-corrected chi connectivity index (χ0v) is 12.5. The molecule has 7 nitrogen and oxygen atoms in total. The Bertz CT molecular complexity index is 490. The van der Waals surface area contributed by atoms with Gasteiger partial charge in [-0.15, -0.1) is 0 Å². The van der Waals surface area contributed by atoms with E-state index in [4.69, 9.17) is 5.84 Å². The largest absolute Gasteiger partial charge is 0.356 e. The monoisotopic (exact) mass is 293 g/mol. The maximum Gasteiger partial charge on any atom is 0.251 e. The number of hydrazine groups is 1. The van der Waals surface area contributed by atoms with E-state index in [0.29, 0.717) is 24.5 Å². The average molecular weight is 293 g/mol. The van der Waals surface area contributed by atoms with Crippen molar-refractivity contribution in [2.45, 2.75) is 33.1 Å². The van der Waals surface area contributed by atoms with Crippen LogP contribution in [0, 0.1) is 0 Å². The zero-order valence-electron chi connectivity index (χ0n) is 12.5. The molecule has 1 heterocycles. The van der Waals surface area contributed by atoms with Crippen LogP contribution in [0.2, 0.25) is 0 Å². The number of carbonyl (C=O) groups is 2. The van der Waals surface area contributed by atoms with Crippen molar-refractivity contribution in [2.75, 3.05) is 18.5 Å². The van der Waals surface area contributed by atoms with Crippen LogP contribution < -0.4 is 21.9 Å². The first kappa shape index (κ1) is 16.9. The van der Waals surface area contributed by atoms with E-state index in [1.54, 1.807) is 12.1 Å². The molecule has 1 aromatic rings. The highest BCUT2D eigenvalue weighted by molar-refractivity contribution is 5.95. The number of rotatable bonds is 8. The van der Waals surface area contributed by atoms with Crippen molar-refractivity contribution < 1.29 is 9.59 Å². The highest BCUT2D eigenvalue weighted by Crippen LogP contribution is 2.11. The van der Waals surface area contributed by atoms with Crippen molar-refractivity contribution in [3.05, 3.63) is 23.4 Å². The van der Waals surface area contributed by atoms with E-state index in [1.807, 2.05) is 13.8 Å². The predicted octanol–water partition coefficient (Wildman–Crippen LogP) is 0.576. The van der Waals surface area contributed by atoms with E-state index < -0.39 is 0 Å². The van der Waals surface area contributed by atoms with Crippen molar-refractivity contribution in [3.63, 3.8) is 0 Å². The van der Waals surface area contributed by atoms with Gasteiger partial charge in [-0.1, -0.05) is 13.3 Å². The molecule has 0 saturated carbocycles. The van der Waals surface area contributed by atoms with Crippen LogP contribution in [0.4, 0.5) is 5.82 Å². The number of nitrogens with two attached hydrogens (primary N) is 1. The molecule has 0 aliphatic carbocycles. The third-order valence-electron chi connectivity index (χ3n) is 2.81. The molecule has 0 bridgehead atoms. The summed E-state index contributed by atoms with van der Waals surface area (Å²) in [5.74, 6) is 5.49. The minimum atomic E-state index is -0.240. The Kier molecular flexibility index (Phi) is 7.17. The van der Waals surface area contributed by atoms with Gasteiger partial charge in [-0.25, -0.2) is 10.8 Å². The highest BCUT2D eigenvalue weighted by Gasteiger charge is 2.10. The number of aromatic nitrogens is 1. The number of pyridine rings is 1. The normalized spacial score (nSPS) is 10.0. The van der Waals surface area contributed by atoms with Crippen LogP contribution in [-0.2, 0) is 11.2 Å². The molecule has 0 aliphatic rings. The minimum absolute atomic E-state index is 0.0801. The number of nitrogen functional groups attached to an aromatic ring is 1. The topological polar surface area (TPSA) is 109 Å². The fourth-order valence-corrected chi connectivity index (χ4v) is 1.85. The van der Waals surface area contributed by atoms with Crippen molar-refractivity contribution in [1.29, 1.82) is 0 Å². The number of hydrogen-bond acceptors (Lipinski definition) is 5. The first-order valence-electron chi connectivity index (χ1n) is 7.13. The second kappa shape index (κ2) is 8.91. The molecule has 21 heavy (non-hydrogen) atoms. The van der Waals surface area contributed by atoms with E-state index in [9.17, 15) is 9.59 Å². The lowest BCUT2D eigenvalue weighted by Crippen LogP contribution is -2.30. The molecule has 7 heteroatoms. The lowest BCUT2D eigenvalue weighted by Gasteiger charge is -2.09. The predicted molar refractivity (Wildman–Crippen MR) is 81.7 cm³/mol. The number of nitrogens with one attached hydrogen (secondary N) is 3. The SMILES string of the molecule is CCCc1cc(C(=O)NCCC(=O)NCC)cc(NN)n1. The summed E-state index contributed by atoms with van der Waals surface area (Å²) >= 11 is 0. The summed E-state index contributed by atoms with van der Waals surface area (Å²) in [6.07, 6.45) is 1.96. The summed E-state index contributed by atoms with van der Waals surface area (Å²) in [4.78, 5) is 27.6. The summed E-state index contributed by atoms with van der Waals surface area (Å²) in [6.45, 7) is 4.77. The standard InChI is InChI=1S/C14H23N5O2/c1-3-5-11-8-10(9-12(18-11)19-15)14(21)17-7-6-13(20)16-4-2/h8-9H,3-7,15H2,1-2H3,(H,16,20)(H,17,21)(H,18,19). The maximum atomic E-state index is 12.1. The van der Waals surface area contributed by atoms with E-state index in [-0.39, 0.29) is 18.2 Å². The molecule has 1 aromatic heterocycles. The lowest BCUT2D eigenvalue weighted by atomic mass is 10.1. The van der Waals surface area contributed by atoms with E-state index in [1.165, 1.54) is 0 Å². The molecule has 0 aliphatic heterocycles. The molecule has 1 rings (SSSR count). The Labute approximate surface area is 124 Å². The Balaban J connectivity index is 2.64. The summed E-state index contributed by atoms with van der Waals surface area (Å²) in [5.41, 5.74) is 3.75. The van der Waals surface area contributed by atoms with E-state index in [2.05, 4.69) is 21.0 Å². The summed E-state index contributed by atoms with van der Waals surface area (Å²) in [7, 11) is 0. The average Bonchev–Trinajstić information content (AvgIpc) is 2.47. The van der Waals surface area contributed by atoms with Gasteiger partial charge in [0.25, 0.3) is 5.91 Å². The molecule has 0 radical (unpaired) electrons. The lowest BCUT2D eigenvalue weighted by molar-refractivity contribution is -0.120. The molecule has 0 saturated heterocycles. The maximum absolute atomic E-state index is 12.1. The number of amides is 2. The number of hydrogen-bond donors (Lipinski definition) is 4. The second-order valence-electron chi connectivity index (χ2n) is 4.59. The van der Waals surface area contributed by atoms with Gasteiger partial charge in [-0.3, -0.25) is 9.59 Å². The van der Waals surface area contributed by atoms with Gasteiger partial charge in [0.15, 0.2) is 0 Å². The third kappa shape index (κ3) is 5.78. The van der Waals surface area contributed by atoms with Crippen molar-refractivity contribution in [2.24, 2.45) is 5.84 Å².